The quantitative estimate of drug-likeness (QED) is 0.665. The number of carbonyl (C=O) groups is 1. The summed E-state index contributed by atoms with van der Waals surface area (Å²) in [5.74, 6) is 0. The molecule has 2 amide bonds. The highest BCUT2D eigenvalue weighted by atomic mass is 16.2. The molecule has 2 aromatic heterocycles. The van der Waals surface area contributed by atoms with Crippen molar-refractivity contribution in [2.45, 2.75) is 32.2 Å². The maximum atomic E-state index is 12.6. The van der Waals surface area contributed by atoms with Crippen LogP contribution in [0.15, 0.2) is 42.7 Å². The van der Waals surface area contributed by atoms with Gasteiger partial charge in [-0.05, 0) is 55.5 Å². The Morgan fingerprint density at radius 2 is 2.24 bits per heavy atom. The van der Waals surface area contributed by atoms with Gasteiger partial charge in [0.25, 0.3) is 0 Å². The minimum atomic E-state index is 0.0350. The molecule has 3 N–H and O–H groups in total. The van der Waals surface area contributed by atoms with E-state index < -0.39 is 0 Å². The van der Waals surface area contributed by atoms with E-state index in [9.17, 15) is 4.79 Å². The van der Waals surface area contributed by atoms with E-state index in [-0.39, 0.29) is 12.1 Å². The number of amides is 2. The first kappa shape index (κ1) is 15.8. The third-order valence-electron chi connectivity index (χ3n) is 5.09. The molecule has 1 unspecified atom stereocenters. The van der Waals surface area contributed by atoms with E-state index in [4.69, 9.17) is 0 Å². The number of benzene rings is 1. The normalized spacial score (nSPS) is 17.3. The van der Waals surface area contributed by atoms with Gasteiger partial charge in [-0.2, -0.15) is 0 Å². The molecule has 1 fully saturated rings. The number of hydrogen-bond donors (Lipinski definition) is 3. The molecule has 1 aliphatic heterocycles. The lowest BCUT2D eigenvalue weighted by Gasteiger charge is -2.24. The first-order chi connectivity index (χ1) is 12.2. The van der Waals surface area contributed by atoms with Crippen molar-refractivity contribution in [3.8, 4) is 0 Å². The number of nitrogens with zero attached hydrogens (tertiary/aromatic N) is 1. The molecule has 1 atom stereocenters. The van der Waals surface area contributed by atoms with Crippen molar-refractivity contribution in [2.75, 3.05) is 13.1 Å². The van der Waals surface area contributed by atoms with E-state index in [1.165, 1.54) is 16.5 Å². The summed E-state index contributed by atoms with van der Waals surface area (Å²) in [5, 5.41) is 4.33. The number of hydrogen-bond acceptors (Lipinski definition) is 1. The molecule has 1 saturated heterocycles. The molecule has 130 valence electrons. The summed E-state index contributed by atoms with van der Waals surface area (Å²) in [4.78, 5) is 21.1. The highest BCUT2D eigenvalue weighted by Gasteiger charge is 2.30. The second kappa shape index (κ2) is 6.67. The molecule has 25 heavy (non-hydrogen) atoms. The van der Waals surface area contributed by atoms with Gasteiger partial charge in [0.05, 0.1) is 6.04 Å². The molecular formula is C20H24N4O. The minimum absolute atomic E-state index is 0.0350. The van der Waals surface area contributed by atoms with Crippen LogP contribution in [-0.2, 0) is 6.42 Å². The number of aromatic amines is 2. The number of aryl methyl sites for hydroxylation is 1. The summed E-state index contributed by atoms with van der Waals surface area (Å²) in [5.41, 5.74) is 4.78. The number of fused-ring (bicyclic) bond motifs is 1. The van der Waals surface area contributed by atoms with Gasteiger partial charge in [-0.3, -0.25) is 0 Å². The first-order valence-corrected chi connectivity index (χ1v) is 8.97. The number of H-pyrrole nitrogens is 2. The van der Waals surface area contributed by atoms with Crippen LogP contribution in [0.3, 0.4) is 0 Å². The van der Waals surface area contributed by atoms with Crippen LogP contribution in [0.25, 0.3) is 10.9 Å². The van der Waals surface area contributed by atoms with Crippen LogP contribution >= 0.6 is 0 Å². The van der Waals surface area contributed by atoms with E-state index in [0.29, 0.717) is 6.54 Å². The maximum Gasteiger partial charge on any atom is 0.317 e. The Morgan fingerprint density at radius 1 is 1.32 bits per heavy atom. The van der Waals surface area contributed by atoms with Crippen LogP contribution in [0.1, 0.15) is 35.7 Å². The van der Waals surface area contributed by atoms with Crippen molar-refractivity contribution in [1.29, 1.82) is 0 Å². The predicted octanol–water partition coefficient (Wildman–Crippen LogP) is 3.89. The molecule has 0 spiro atoms. The van der Waals surface area contributed by atoms with Gasteiger partial charge in [0, 0.05) is 42.1 Å². The number of urea groups is 1. The average molecular weight is 336 g/mol. The third-order valence-corrected chi connectivity index (χ3v) is 5.09. The Balaban J connectivity index is 1.37. The lowest BCUT2D eigenvalue weighted by atomic mass is 10.1. The van der Waals surface area contributed by atoms with E-state index in [1.54, 1.807) is 0 Å². The zero-order chi connectivity index (χ0) is 17.2. The van der Waals surface area contributed by atoms with E-state index in [1.807, 2.05) is 23.4 Å². The van der Waals surface area contributed by atoms with Gasteiger partial charge >= 0.3 is 6.03 Å². The molecule has 1 aliphatic rings. The van der Waals surface area contributed by atoms with Gasteiger partial charge in [-0.25, -0.2) is 4.79 Å². The molecule has 0 aliphatic carbocycles. The van der Waals surface area contributed by atoms with Crippen molar-refractivity contribution < 1.29 is 4.79 Å². The van der Waals surface area contributed by atoms with Crippen LogP contribution in [-0.4, -0.2) is 34.0 Å². The molecule has 3 aromatic rings. The second-order valence-electron chi connectivity index (χ2n) is 6.82. The SMILES string of the molecule is Cc1ccc2c(CCNC(=O)N3CCCC3c3ccc[nH]3)c[nH]c2c1. The number of carbonyl (C=O) groups excluding carboxylic acids is 1. The highest BCUT2D eigenvalue weighted by molar-refractivity contribution is 5.84. The number of nitrogens with one attached hydrogen (secondary N) is 3. The lowest BCUT2D eigenvalue weighted by Crippen LogP contribution is -2.40. The molecule has 0 bridgehead atoms. The molecule has 4 rings (SSSR count). The van der Waals surface area contributed by atoms with E-state index >= 15 is 0 Å². The number of aromatic nitrogens is 2. The predicted molar refractivity (Wildman–Crippen MR) is 99.6 cm³/mol. The molecule has 5 nitrogen and oxygen atoms in total. The summed E-state index contributed by atoms with van der Waals surface area (Å²) in [6.45, 7) is 3.56. The van der Waals surface area contributed by atoms with Gasteiger partial charge in [-0.15, -0.1) is 0 Å². The average Bonchev–Trinajstić information content (AvgIpc) is 3.34. The van der Waals surface area contributed by atoms with Gasteiger partial charge in [0.1, 0.15) is 0 Å². The molecule has 3 heterocycles. The minimum Gasteiger partial charge on any atom is -0.363 e. The van der Waals surface area contributed by atoms with E-state index in [0.717, 1.165) is 37.0 Å². The zero-order valence-corrected chi connectivity index (χ0v) is 14.5. The Hall–Kier alpha value is -2.69. The van der Waals surface area contributed by atoms with Crippen LogP contribution in [0.2, 0.25) is 0 Å². The molecule has 0 radical (unpaired) electrons. The monoisotopic (exact) mass is 336 g/mol. The Labute approximate surface area is 147 Å². The number of rotatable bonds is 4. The smallest absolute Gasteiger partial charge is 0.317 e. The van der Waals surface area contributed by atoms with Crippen molar-refractivity contribution in [1.82, 2.24) is 20.2 Å². The maximum absolute atomic E-state index is 12.6. The van der Waals surface area contributed by atoms with Gasteiger partial charge in [-0.1, -0.05) is 12.1 Å². The fourth-order valence-electron chi connectivity index (χ4n) is 3.80. The van der Waals surface area contributed by atoms with E-state index in [2.05, 4.69) is 46.5 Å². The van der Waals surface area contributed by atoms with Crippen LogP contribution in [0.5, 0.6) is 0 Å². The van der Waals surface area contributed by atoms with Crippen molar-refractivity contribution in [3.05, 3.63) is 59.5 Å². The van der Waals surface area contributed by atoms with Gasteiger partial charge in [0.15, 0.2) is 0 Å². The van der Waals surface area contributed by atoms with Crippen molar-refractivity contribution in [3.63, 3.8) is 0 Å². The molecule has 5 heteroatoms. The van der Waals surface area contributed by atoms with Crippen molar-refractivity contribution >= 4 is 16.9 Å². The van der Waals surface area contributed by atoms with Crippen molar-refractivity contribution in [2.24, 2.45) is 0 Å². The summed E-state index contributed by atoms with van der Waals surface area (Å²) in [6, 6.07) is 10.7. The largest absolute Gasteiger partial charge is 0.363 e. The number of likely N-dealkylation sites (tertiary alicyclic amines) is 1. The summed E-state index contributed by atoms with van der Waals surface area (Å²) in [6.07, 6.45) is 6.88. The zero-order valence-electron chi connectivity index (χ0n) is 14.5. The van der Waals surface area contributed by atoms with Crippen LogP contribution < -0.4 is 5.32 Å². The fourth-order valence-corrected chi connectivity index (χ4v) is 3.80. The Morgan fingerprint density at radius 3 is 3.08 bits per heavy atom. The molecule has 0 saturated carbocycles. The summed E-state index contributed by atoms with van der Waals surface area (Å²) < 4.78 is 0. The second-order valence-corrected chi connectivity index (χ2v) is 6.82. The molecular weight excluding hydrogens is 312 g/mol. The van der Waals surface area contributed by atoms with Crippen LogP contribution in [0.4, 0.5) is 4.79 Å². The molecule has 1 aromatic carbocycles. The van der Waals surface area contributed by atoms with Crippen LogP contribution in [0, 0.1) is 6.92 Å². The lowest BCUT2D eigenvalue weighted by molar-refractivity contribution is 0.192. The van der Waals surface area contributed by atoms with Gasteiger partial charge in [0.2, 0.25) is 0 Å². The van der Waals surface area contributed by atoms with Gasteiger partial charge < -0.3 is 20.2 Å². The Bertz CT molecular complexity index is 865. The standard InChI is InChI=1S/C20H24N4O/c1-14-6-7-16-15(13-23-18(16)12-14)8-10-22-20(25)24-11-3-5-19(24)17-4-2-9-21-17/h2,4,6-7,9,12-13,19,21,23H,3,5,8,10-11H2,1H3,(H,22,25). The topological polar surface area (TPSA) is 63.9 Å². The summed E-state index contributed by atoms with van der Waals surface area (Å²) in [7, 11) is 0. The Kier molecular flexibility index (Phi) is 4.22. The first-order valence-electron chi connectivity index (χ1n) is 8.97. The third kappa shape index (κ3) is 3.14. The summed E-state index contributed by atoms with van der Waals surface area (Å²) >= 11 is 0. The fraction of sp³-hybridized carbons (Fsp3) is 0.350. The highest BCUT2D eigenvalue weighted by Crippen LogP contribution is 2.30.